The first-order chi connectivity index (χ1) is 13.3. The smallest absolute Gasteiger partial charge is 0.278 e. The maximum atomic E-state index is 13.0. The molecule has 0 unspecified atom stereocenters. The molecule has 5 nitrogen and oxygen atoms in total. The fourth-order valence-electron chi connectivity index (χ4n) is 5.38. The van der Waals surface area contributed by atoms with Gasteiger partial charge in [0.05, 0.1) is 39.0 Å². The fourth-order valence-corrected chi connectivity index (χ4v) is 5.38. The largest absolute Gasteiger partial charge is 0.495 e. The van der Waals surface area contributed by atoms with E-state index < -0.39 is 0 Å². The van der Waals surface area contributed by atoms with E-state index in [-0.39, 0.29) is 0 Å². The van der Waals surface area contributed by atoms with Crippen molar-refractivity contribution >= 4 is 11.6 Å². The fraction of sp³-hybridized carbons (Fsp3) is 0.682. The second kappa shape index (κ2) is 8.51. The summed E-state index contributed by atoms with van der Waals surface area (Å²) in [5.74, 6) is 2.11. The van der Waals surface area contributed by atoms with Crippen LogP contribution in [0, 0.1) is 5.92 Å². The van der Waals surface area contributed by atoms with Crippen LogP contribution in [0.4, 0.5) is 5.69 Å². The highest BCUT2D eigenvalue weighted by molar-refractivity contribution is 5.77. The first kappa shape index (κ1) is 18.6. The van der Waals surface area contributed by atoms with Crippen molar-refractivity contribution in [3.8, 4) is 5.75 Å². The quantitative estimate of drug-likeness (QED) is 0.872. The van der Waals surface area contributed by atoms with Crippen LogP contribution < -0.4 is 14.5 Å². The second-order valence-corrected chi connectivity index (χ2v) is 8.43. The van der Waals surface area contributed by atoms with Crippen LogP contribution in [0.15, 0.2) is 24.3 Å². The molecule has 3 aliphatic rings. The third kappa shape index (κ3) is 4.08. The number of carbonyl (C=O) groups is 1. The summed E-state index contributed by atoms with van der Waals surface area (Å²) in [5, 5.41) is 0. The standard InChI is InChI=1S/C22H33N3O2/c1-27-21-11-5-4-10-20(21)24-15-13-23(14-16-24)17-22(26)25-12-6-8-18-7-2-3-9-19(18)25/h4-5,10-11,18-19H,2-3,6-9,12-17H2,1H3/p+1/t18-,19-/m1/s1. The third-order valence-corrected chi connectivity index (χ3v) is 6.86. The summed E-state index contributed by atoms with van der Waals surface area (Å²) in [6.45, 7) is 5.66. The number of piperazine rings is 1. The number of anilines is 1. The summed E-state index contributed by atoms with van der Waals surface area (Å²) < 4.78 is 5.51. The number of hydrogen-bond donors (Lipinski definition) is 1. The number of rotatable bonds is 4. The van der Waals surface area contributed by atoms with Gasteiger partial charge in [-0.2, -0.15) is 0 Å². The van der Waals surface area contributed by atoms with E-state index in [1.165, 1.54) is 49.1 Å². The number of likely N-dealkylation sites (tertiary alicyclic amines) is 1. The van der Waals surface area contributed by atoms with Crippen LogP contribution in [0.2, 0.25) is 0 Å². The molecule has 0 radical (unpaired) electrons. The maximum Gasteiger partial charge on any atom is 0.278 e. The van der Waals surface area contributed by atoms with Crippen LogP contribution in [-0.4, -0.2) is 63.2 Å². The lowest BCUT2D eigenvalue weighted by atomic mass is 9.78. The second-order valence-electron chi connectivity index (χ2n) is 8.43. The molecule has 1 N–H and O–H groups in total. The van der Waals surface area contributed by atoms with Gasteiger partial charge in [0.15, 0.2) is 6.54 Å². The normalized spacial score (nSPS) is 26.6. The van der Waals surface area contributed by atoms with Crippen molar-refractivity contribution < 1.29 is 14.4 Å². The van der Waals surface area contributed by atoms with E-state index in [1.807, 2.05) is 12.1 Å². The highest BCUT2D eigenvalue weighted by Gasteiger charge is 2.37. The minimum absolute atomic E-state index is 0.396. The molecule has 1 amide bonds. The zero-order valence-electron chi connectivity index (χ0n) is 16.7. The molecule has 2 atom stereocenters. The molecular weight excluding hydrogens is 338 g/mol. The maximum absolute atomic E-state index is 13.0. The van der Waals surface area contributed by atoms with E-state index in [2.05, 4.69) is 21.9 Å². The summed E-state index contributed by atoms with van der Waals surface area (Å²) in [5.41, 5.74) is 1.17. The highest BCUT2D eigenvalue weighted by atomic mass is 16.5. The Morgan fingerprint density at radius 2 is 1.81 bits per heavy atom. The van der Waals surface area contributed by atoms with E-state index in [0.717, 1.165) is 44.4 Å². The third-order valence-electron chi connectivity index (χ3n) is 6.86. The number of carbonyl (C=O) groups excluding carboxylic acids is 1. The zero-order valence-corrected chi connectivity index (χ0v) is 16.7. The van der Waals surface area contributed by atoms with E-state index in [1.54, 1.807) is 7.11 Å². The number of nitrogens with one attached hydrogen (secondary N) is 1. The van der Waals surface area contributed by atoms with Gasteiger partial charge in [-0.25, -0.2) is 0 Å². The van der Waals surface area contributed by atoms with Gasteiger partial charge in [-0.15, -0.1) is 0 Å². The van der Waals surface area contributed by atoms with Crippen molar-refractivity contribution in [3.05, 3.63) is 24.3 Å². The van der Waals surface area contributed by atoms with Crippen molar-refractivity contribution in [2.24, 2.45) is 5.92 Å². The predicted molar refractivity (Wildman–Crippen MR) is 107 cm³/mol. The average Bonchev–Trinajstić information content (AvgIpc) is 2.74. The molecule has 2 aliphatic heterocycles. The Hall–Kier alpha value is -1.75. The number of fused-ring (bicyclic) bond motifs is 1. The minimum atomic E-state index is 0.396. The van der Waals surface area contributed by atoms with Crippen LogP contribution in [0.1, 0.15) is 38.5 Å². The minimum Gasteiger partial charge on any atom is -0.495 e. The van der Waals surface area contributed by atoms with E-state index in [9.17, 15) is 4.79 Å². The van der Waals surface area contributed by atoms with Crippen molar-refractivity contribution in [3.63, 3.8) is 0 Å². The van der Waals surface area contributed by atoms with Gasteiger partial charge in [0.1, 0.15) is 5.75 Å². The monoisotopic (exact) mass is 372 g/mol. The predicted octanol–water partition coefficient (Wildman–Crippen LogP) is 1.58. The van der Waals surface area contributed by atoms with Crippen LogP contribution in [0.3, 0.4) is 0 Å². The lowest BCUT2D eigenvalue weighted by molar-refractivity contribution is -0.892. The number of hydrogen-bond acceptors (Lipinski definition) is 3. The summed E-state index contributed by atoms with van der Waals surface area (Å²) in [6.07, 6.45) is 7.75. The average molecular weight is 373 g/mol. The molecule has 4 rings (SSSR count). The molecule has 1 aromatic rings. The van der Waals surface area contributed by atoms with Gasteiger partial charge in [-0.1, -0.05) is 25.0 Å². The topological polar surface area (TPSA) is 37.2 Å². The number of para-hydroxylation sites is 2. The number of methoxy groups -OCH3 is 1. The Labute approximate surface area is 163 Å². The first-order valence-corrected chi connectivity index (χ1v) is 10.8. The van der Waals surface area contributed by atoms with Gasteiger partial charge in [0.25, 0.3) is 5.91 Å². The molecule has 1 saturated carbocycles. The van der Waals surface area contributed by atoms with Crippen molar-refractivity contribution in [1.82, 2.24) is 4.90 Å². The lowest BCUT2D eigenvalue weighted by Crippen LogP contribution is -3.16. The van der Waals surface area contributed by atoms with Crippen LogP contribution in [-0.2, 0) is 4.79 Å². The SMILES string of the molecule is COc1ccccc1N1CC[NH+](CC(=O)N2CCC[C@H]3CCCC[C@H]32)CC1. The van der Waals surface area contributed by atoms with Gasteiger partial charge in [-0.05, 0) is 43.7 Å². The number of piperidine rings is 1. The summed E-state index contributed by atoms with van der Waals surface area (Å²) in [6, 6.07) is 8.77. The van der Waals surface area contributed by atoms with Gasteiger partial charge in [-0.3, -0.25) is 4.79 Å². The molecule has 27 heavy (non-hydrogen) atoms. The molecule has 2 saturated heterocycles. The molecule has 1 aromatic carbocycles. The van der Waals surface area contributed by atoms with E-state index >= 15 is 0 Å². The van der Waals surface area contributed by atoms with Crippen molar-refractivity contribution in [1.29, 1.82) is 0 Å². The Bertz CT molecular complexity index is 640. The molecule has 0 aromatic heterocycles. The number of ether oxygens (including phenoxy) is 1. The van der Waals surface area contributed by atoms with Gasteiger partial charge >= 0.3 is 0 Å². The van der Waals surface area contributed by atoms with Gasteiger partial charge < -0.3 is 19.4 Å². The first-order valence-electron chi connectivity index (χ1n) is 10.8. The molecule has 3 fully saturated rings. The Balaban J connectivity index is 1.32. The van der Waals surface area contributed by atoms with Crippen molar-refractivity contribution in [2.45, 2.75) is 44.6 Å². The molecule has 5 heteroatoms. The summed E-state index contributed by atoms with van der Waals surface area (Å²) in [7, 11) is 1.73. The summed E-state index contributed by atoms with van der Waals surface area (Å²) in [4.78, 5) is 19.1. The Morgan fingerprint density at radius 1 is 1.07 bits per heavy atom. The van der Waals surface area contributed by atoms with E-state index in [0.29, 0.717) is 18.5 Å². The van der Waals surface area contributed by atoms with E-state index in [4.69, 9.17) is 4.74 Å². The van der Waals surface area contributed by atoms with Gasteiger partial charge in [0, 0.05) is 12.6 Å². The van der Waals surface area contributed by atoms with Crippen LogP contribution >= 0.6 is 0 Å². The highest BCUT2D eigenvalue weighted by Crippen LogP contribution is 2.35. The van der Waals surface area contributed by atoms with Crippen LogP contribution in [0.5, 0.6) is 5.75 Å². The molecule has 1 aliphatic carbocycles. The van der Waals surface area contributed by atoms with Gasteiger partial charge in [0.2, 0.25) is 0 Å². The number of amides is 1. The molecule has 0 spiro atoms. The van der Waals surface area contributed by atoms with Crippen molar-refractivity contribution in [2.75, 3.05) is 51.3 Å². The number of benzene rings is 1. The Morgan fingerprint density at radius 3 is 2.63 bits per heavy atom. The molecule has 0 bridgehead atoms. The number of quaternary nitrogens is 1. The zero-order chi connectivity index (χ0) is 18.6. The Kier molecular flexibility index (Phi) is 5.86. The lowest BCUT2D eigenvalue weighted by Gasteiger charge is -2.44. The van der Waals surface area contributed by atoms with Crippen LogP contribution in [0.25, 0.3) is 0 Å². The molecule has 2 heterocycles. The molecular formula is C22H34N3O2+. The number of nitrogens with zero attached hydrogens (tertiary/aromatic N) is 2. The summed E-state index contributed by atoms with van der Waals surface area (Å²) >= 11 is 0. The molecule has 148 valence electrons.